The summed E-state index contributed by atoms with van der Waals surface area (Å²) in [4.78, 5) is 11.8. The lowest BCUT2D eigenvalue weighted by atomic mass is 10.1. The number of nitrogens with zero attached hydrogens (tertiary/aromatic N) is 1. The first-order valence-corrected chi connectivity index (χ1v) is 3.36. The van der Waals surface area contributed by atoms with Crippen molar-refractivity contribution in [1.82, 2.24) is 4.90 Å². The van der Waals surface area contributed by atoms with Crippen LogP contribution in [-0.2, 0) is 4.79 Å². The first kappa shape index (κ1) is 8.47. The highest BCUT2D eigenvalue weighted by molar-refractivity contribution is 5.46. The fraction of sp³-hybridized carbons (Fsp3) is 0.857. The van der Waals surface area contributed by atoms with E-state index in [-0.39, 0.29) is 0 Å². The quantitative estimate of drug-likeness (QED) is 0.521. The maximum Gasteiger partial charge on any atom is 0.209 e. The minimum absolute atomic E-state index is 0.625. The Bertz CT molecular complexity index is 83.0. The minimum Gasteiger partial charge on any atom is -0.348 e. The summed E-state index contributed by atoms with van der Waals surface area (Å²) in [6.45, 7) is 5.14. The van der Waals surface area contributed by atoms with Gasteiger partial charge in [-0.3, -0.25) is 4.79 Å². The van der Waals surface area contributed by atoms with Gasteiger partial charge in [0.15, 0.2) is 0 Å². The molecule has 0 aliphatic rings. The fourth-order valence-electron chi connectivity index (χ4n) is 0.664. The van der Waals surface area contributed by atoms with Crippen LogP contribution in [0.25, 0.3) is 0 Å². The first-order valence-electron chi connectivity index (χ1n) is 3.36. The zero-order chi connectivity index (χ0) is 7.28. The van der Waals surface area contributed by atoms with Gasteiger partial charge in [0.25, 0.3) is 0 Å². The average Bonchev–Trinajstić information content (AvgIpc) is 1.87. The SMILES string of the molecule is CC[C@@H](C)CN(C)C=O. The molecule has 0 saturated heterocycles. The molecule has 0 saturated carbocycles. The summed E-state index contributed by atoms with van der Waals surface area (Å²) in [7, 11) is 1.80. The van der Waals surface area contributed by atoms with Crippen molar-refractivity contribution in [1.29, 1.82) is 0 Å². The maximum absolute atomic E-state index is 10.1. The third-order valence-electron chi connectivity index (χ3n) is 1.48. The fourth-order valence-corrected chi connectivity index (χ4v) is 0.664. The summed E-state index contributed by atoms with van der Waals surface area (Å²) in [6.07, 6.45) is 2.00. The van der Waals surface area contributed by atoms with Crippen molar-refractivity contribution in [3.05, 3.63) is 0 Å². The Kier molecular flexibility index (Phi) is 4.10. The summed E-state index contributed by atoms with van der Waals surface area (Å²) >= 11 is 0. The molecule has 0 rings (SSSR count). The second-order valence-corrected chi connectivity index (χ2v) is 2.56. The first-order chi connectivity index (χ1) is 4.20. The van der Waals surface area contributed by atoms with E-state index in [1.165, 1.54) is 0 Å². The molecule has 2 heteroatoms. The molecule has 0 aromatic carbocycles. The maximum atomic E-state index is 10.1. The molecule has 0 aliphatic heterocycles. The molecule has 0 heterocycles. The number of amides is 1. The molecular weight excluding hydrogens is 114 g/mol. The van der Waals surface area contributed by atoms with Gasteiger partial charge in [-0.05, 0) is 5.92 Å². The molecular formula is C7H15NO. The third kappa shape index (κ3) is 4.01. The predicted octanol–water partition coefficient (Wildman–Crippen LogP) is 1.12. The van der Waals surface area contributed by atoms with Crippen LogP contribution in [0.3, 0.4) is 0 Å². The number of carbonyl (C=O) groups is 1. The van der Waals surface area contributed by atoms with Gasteiger partial charge in [0.2, 0.25) is 6.41 Å². The standard InChI is InChI=1S/C7H15NO/c1-4-7(2)5-8(3)6-9/h6-7H,4-5H2,1-3H3/t7-/m1/s1. The molecule has 0 radical (unpaired) electrons. The van der Waals surface area contributed by atoms with E-state index in [2.05, 4.69) is 13.8 Å². The Labute approximate surface area is 56.9 Å². The van der Waals surface area contributed by atoms with Gasteiger partial charge in [-0.1, -0.05) is 20.3 Å². The van der Waals surface area contributed by atoms with E-state index in [4.69, 9.17) is 0 Å². The highest BCUT2D eigenvalue weighted by Gasteiger charge is 1.99. The second kappa shape index (κ2) is 4.36. The molecule has 0 aliphatic carbocycles. The molecule has 1 amide bonds. The molecule has 54 valence electrons. The van der Waals surface area contributed by atoms with Crippen molar-refractivity contribution in [2.75, 3.05) is 13.6 Å². The van der Waals surface area contributed by atoms with Crippen LogP contribution >= 0.6 is 0 Å². The number of carbonyl (C=O) groups excluding carboxylic acids is 1. The lowest BCUT2D eigenvalue weighted by Gasteiger charge is -2.14. The Morgan fingerprint density at radius 3 is 2.56 bits per heavy atom. The van der Waals surface area contributed by atoms with Crippen LogP contribution in [0.15, 0.2) is 0 Å². The van der Waals surface area contributed by atoms with Crippen LogP contribution in [0, 0.1) is 5.92 Å². The van der Waals surface area contributed by atoms with Gasteiger partial charge in [0, 0.05) is 13.6 Å². The van der Waals surface area contributed by atoms with Gasteiger partial charge in [0.1, 0.15) is 0 Å². The Morgan fingerprint density at radius 1 is 1.67 bits per heavy atom. The van der Waals surface area contributed by atoms with E-state index in [0.29, 0.717) is 5.92 Å². The van der Waals surface area contributed by atoms with Crippen molar-refractivity contribution in [3.63, 3.8) is 0 Å². The van der Waals surface area contributed by atoms with Crippen LogP contribution in [0.4, 0.5) is 0 Å². The van der Waals surface area contributed by atoms with E-state index in [1.807, 2.05) is 0 Å². The smallest absolute Gasteiger partial charge is 0.209 e. The van der Waals surface area contributed by atoms with E-state index in [1.54, 1.807) is 11.9 Å². The lowest BCUT2D eigenvalue weighted by molar-refractivity contribution is -0.117. The Morgan fingerprint density at radius 2 is 2.22 bits per heavy atom. The highest BCUT2D eigenvalue weighted by Crippen LogP contribution is 2.00. The molecule has 0 unspecified atom stereocenters. The van der Waals surface area contributed by atoms with E-state index >= 15 is 0 Å². The van der Waals surface area contributed by atoms with Gasteiger partial charge in [-0.25, -0.2) is 0 Å². The normalized spacial score (nSPS) is 12.8. The highest BCUT2D eigenvalue weighted by atomic mass is 16.1. The summed E-state index contributed by atoms with van der Waals surface area (Å²) in [5, 5.41) is 0. The molecule has 0 aromatic heterocycles. The summed E-state index contributed by atoms with van der Waals surface area (Å²) < 4.78 is 0. The van der Waals surface area contributed by atoms with Crippen LogP contribution < -0.4 is 0 Å². The van der Waals surface area contributed by atoms with Gasteiger partial charge >= 0.3 is 0 Å². The van der Waals surface area contributed by atoms with Gasteiger partial charge in [-0.2, -0.15) is 0 Å². The van der Waals surface area contributed by atoms with E-state index in [9.17, 15) is 4.79 Å². The average molecular weight is 129 g/mol. The van der Waals surface area contributed by atoms with Crippen LogP contribution in [0.5, 0.6) is 0 Å². The molecule has 0 bridgehead atoms. The zero-order valence-corrected chi connectivity index (χ0v) is 6.42. The largest absolute Gasteiger partial charge is 0.348 e. The minimum atomic E-state index is 0.625. The molecule has 2 nitrogen and oxygen atoms in total. The van der Waals surface area contributed by atoms with Crippen LogP contribution in [-0.4, -0.2) is 24.9 Å². The molecule has 9 heavy (non-hydrogen) atoms. The number of rotatable bonds is 4. The Balaban J connectivity index is 3.33. The van der Waals surface area contributed by atoms with Gasteiger partial charge in [0.05, 0.1) is 0 Å². The summed E-state index contributed by atoms with van der Waals surface area (Å²) in [6, 6.07) is 0. The molecule has 0 aromatic rings. The molecule has 0 fully saturated rings. The summed E-state index contributed by atoms with van der Waals surface area (Å²) in [5.74, 6) is 0.625. The van der Waals surface area contributed by atoms with Crippen molar-refractivity contribution in [3.8, 4) is 0 Å². The zero-order valence-electron chi connectivity index (χ0n) is 6.42. The third-order valence-corrected chi connectivity index (χ3v) is 1.48. The van der Waals surface area contributed by atoms with Gasteiger partial charge < -0.3 is 4.90 Å². The van der Waals surface area contributed by atoms with Crippen LogP contribution in [0.2, 0.25) is 0 Å². The second-order valence-electron chi connectivity index (χ2n) is 2.56. The van der Waals surface area contributed by atoms with Crippen molar-refractivity contribution >= 4 is 6.41 Å². The topological polar surface area (TPSA) is 20.3 Å². The molecule has 0 N–H and O–H groups in total. The van der Waals surface area contributed by atoms with Gasteiger partial charge in [-0.15, -0.1) is 0 Å². The van der Waals surface area contributed by atoms with Crippen LogP contribution in [0.1, 0.15) is 20.3 Å². The summed E-state index contributed by atoms with van der Waals surface area (Å²) in [5.41, 5.74) is 0. The number of hydrogen-bond donors (Lipinski definition) is 0. The van der Waals surface area contributed by atoms with Crippen molar-refractivity contribution in [2.24, 2.45) is 5.92 Å². The lowest BCUT2D eigenvalue weighted by Crippen LogP contribution is -2.22. The Hall–Kier alpha value is -0.530. The molecule has 0 spiro atoms. The van der Waals surface area contributed by atoms with E-state index < -0.39 is 0 Å². The van der Waals surface area contributed by atoms with E-state index in [0.717, 1.165) is 19.4 Å². The monoisotopic (exact) mass is 129 g/mol. The molecule has 1 atom stereocenters. The van der Waals surface area contributed by atoms with Crippen molar-refractivity contribution < 1.29 is 4.79 Å². The van der Waals surface area contributed by atoms with Crippen molar-refractivity contribution in [2.45, 2.75) is 20.3 Å². The number of hydrogen-bond acceptors (Lipinski definition) is 1. The predicted molar refractivity (Wildman–Crippen MR) is 38.1 cm³/mol.